The first kappa shape index (κ1) is 44.9. The molecule has 0 radical (unpaired) electrons. The van der Waals surface area contributed by atoms with Crippen LogP contribution in [0.5, 0.6) is 0 Å². The second-order valence-corrected chi connectivity index (χ2v) is 11.3. The maximum absolute atomic E-state index is 13.0. The van der Waals surface area contributed by atoms with Crippen molar-refractivity contribution >= 4 is 65.2 Å². The summed E-state index contributed by atoms with van der Waals surface area (Å²) in [6, 6.07) is -5.96. The number of hydrogen-bond acceptors (Lipinski definition) is 13. The lowest BCUT2D eigenvalue weighted by atomic mass is 10.1. The van der Waals surface area contributed by atoms with Gasteiger partial charge < -0.3 is 74.6 Å². The van der Waals surface area contributed by atoms with E-state index in [2.05, 4.69) is 42.2 Å². The Labute approximate surface area is 301 Å². The molecule has 0 aromatic heterocycles. The van der Waals surface area contributed by atoms with Crippen LogP contribution in [0.3, 0.4) is 0 Å². The molecule has 16 N–H and O–H groups in total. The van der Waals surface area contributed by atoms with Gasteiger partial charge in [-0.25, -0.2) is 4.79 Å². The van der Waals surface area contributed by atoms with Crippen LogP contribution in [0.25, 0.3) is 0 Å². The number of aliphatic carboxylic acids is 2. The van der Waals surface area contributed by atoms with Gasteiger partial charge >= 0.3 is 11.9 Å². The van der Waals surface area contributed by atoms with E-state index in [4.69, 9.17) is 17.2 Å². The van der Waals surface area contributed by atoms with E-state index in [9.17, 15) is 63.3 Å². The average Bonchev–Trinajstić information content (AvgIpc) is 3.61. The first-order valence-electron chi connectivity index (χ1n) is 16.1. The number of aliphatic hydroxyl groups excluding tert-OH is 1. The molecule has 4 atom stereocenters. The Bertz CT molecular complexity index is 1410. The van der Waals surface area contributed by atoms with Gasteiger partial charge in [0.15, 0.2) is 5.96 Å². The molecule has 1 aliphatic rings. The van der Waals surface area contributed by atoms with Gasteiger partial charge in [0.2, 0.25) is 47.3 Å². The first-order chi connectivity index (χ1) is 25.0. The highest BCUT2D eigenvalue weighted by molar-refractivity contribution is 5.97. The van der Waals surface area contributed by atoms with Gasteiger partial charge in [-0.05, 0) is 25.7 Å². The van der Waals surface area contributed by atoms with Crippen molar-refractivity contribution in [2.75, 3.05) is 52.4 Å². The molecule has 25 nitrogen and oxygen atoms in total. The summed E-state index contributed by atoms with van der Waals surface area (Å²) < 4.78 is 0. The van der Waals surface area contributed by atoms with E-state index in [1.807, 2.05) is 0 Å². The van der Waals surface area contributed by atoms with Crippen LogP contribution in [0, 0.1) is 0 Å². The van der Waals surface area contributed by atoms with Crippen molar-refractivity contribution in [2.45, 2.75) is 56.3 Å². The maximum Gasteiger partial charge on any atom is 0.326 e. The normalized spacial score (nSPS) is 15.0. The topological polar surface area (TPSA) is 409 Å². The van der Waals surface area contributed by atoms with Crippen molar-refractivity contribution < 1.29 is 63.3 Å². The third-order valence-electron chi connectivity index (χ3n) is 7.19. The summed E-state index contributed by atoms with van der Waals surface area (Å²) in [6.07, 6.45) is -0.401. The number of hydrogen-bond donors (Lipinski definition) is 13. The van der Waals surface area contributed by atoms with Crippen molar-refractivity contribution in [3.8, 4) is 0 Å². The van der Waals surface area contributed by atoms with Crippen LogP contribution in [0.4, 0.5) is 0 Å². The predicted molar refractivity (Wildman–Crippen MR) is 179 cm³/mol. The summed E-state index contributed by atoms with van der Waals surface area (Å²) in [5, 5.41) is 43.8. The molecule has 0 bridgehead atoms. The number of nitrogens with one attached hydrogen (secondary N) is 7. The molecule has 0 spiro atoms. The zero-order valence-corrected chi connectivity index (χ0v) is 28.6. The zero-order valence-electron chi connectivity index (χ0n) is 28.6. The Balaban J connectivity index is 2.81. The molecule has 53 heavy (non-hydrogen) atoms. The second kappa shape index (κ2) is 23.4. The highest BCUT2D eigenvalue weighted by atomic mass is 16.4. The summed E-state index contributed by atoms with van der Waals surface area (Å²) in [4.78, 5) is 126. The van der Waals surface area contributed by atoms with Gasteiger partial charge in [-0.1, -0.05) is 0 Å². The van der Waals surface area contributed by atoms with Crippen LogP contribution in [-0.2, 0) is 47.9 Å². The number of aliphatic hydroxyl groups is 1. The van der Waals surface area contributed by atoms with Crippen LogP contribution in [0.1, 0.15) is 32.1 Å². The van der Waals surface area contributed by atoms with Crippen molar-refractivity contribution in [1.29, 1.82) is 0 Å². The molecule has 0 saturated carbocycles. The van der Waals surface area contributed by atoms with E-state index in [0.717, 1.165) is 4.90 Å². The van der Waals surface area contributed by atoms with E-state index < -0.39 is 123 Å². The third kappa shape index (κ3) is 17.6. The van der Waals surface area contributed by atoms with Crippen LogP contribution >= 0.6 is 0 Å². The molecule has 1 fully saturated rings. The number of carboxylic acid groups (broad SMARTS) is 2. The van der Waals surface area contributed by atoms with Gasteiger partial charge in [-0.2, -0.15) is 0 Å². The molecule has 25 heteroatoms. The summed E-state index contributed by atoms with van der Waals surface area (Å²) >= 11 is 0. The second-order valence-electron chi connectivity index (χ2n) is 11.3. The highest BCUT2D eigenvalue weighted by Crippen LogP contribution is 2.18. The van der Waals surface area contributed by atoms with Crippen molar-refractivity contribution in [2.24, 2.45) is 22.2 Å². The molecule has 8 amide bonds. The lowest BCUT2D eigenvalue weighted by Gasteiger charge is -2.27. The number of carbonyl (C=O) groups is 10. The molecular formula is C28H46N12O13. The van der Waals surface area contributed by atoms with Crippen LogP contribution in [0.2, 0.25) is 0 Å². The monoisotopic (exact) mass is 758 g/mol. The summed E-state index contributed by atoms with van der Waals surface area (Å²) in [5.74, 6) is -10.1. The predicted octanol–water partition coefficient (Wildman–Crippen LogP) is -8.54. The standard InChI is InChI=1S/C28H46N12O13/c29-8-18(42)33-9-19(43)34-10-20(44)35-11-21(45)37-14(3-1-5-32-28(30)31)24(49)36-12-22(46)38-15(7-23(47)48)25(50)39-16(13-41)26(51)40-6-2-4-17(40)27(52)53/h14-17,41H,1-13,29H2,(H,33,42)(H,34,43)(H,35,44)(H,36,49)(H,37,45)(H,38,46)(H,39,50)(H,47,48)(H,52,53)(H4,30,31,32)/t14-,15-,16-,17-/m0/s1. The Morgan fingerprint density at radius 3 is 1.79 bits per heavy atom. The summed E-state index contributed by atoms with van der Waals surface area (Å²) in [6.45, 7) is -3.69. The molecule has 296 valence electrons. The quantitative estimate of drug-likeness (QED) is 0.0261. The molecule has 1 rings (SSSR count). The van der Waals surface area contributed by atoms with Crippen molar-refractivity contribution in [3.63, 3.8) is 0 Å². The number of likely N-dealkylation sites (tertiary alicyclic amines) is 1. The number of guanidine groups is 1. The van der Waals surface area contributed by atoms with Gasteiger partial charge in [0.25, 0.3) is 0 Å². The Kier molecular flexibility index (Phi) is 19.8. The number of carbonyl (C=O) groups excluding carboxylic acids is 8. The van der Waals surface area contributed by atoms with Crippen molar-refractivity contribution in [1.82, 2.24) is 42.1 Å². The third-order valence-corrected chi connectivity index (χ3v) is 7.19. The van der Waals surface area contributed by atoms with E-state index in [-0.39, 0.29) is 44.9 Å². The fourth-order valence-electron chi connectivity index (χ4n) is 4.62. The Morgan fingerprint density at radius 1 is 0.717 bits per heavy atom. The van der Waals surface area contributed by atoms with Gasteiger partial charge in [-0.3, -0.25) is 48.1 Å². The molecule has 1 aliphatic heterocycles. The first-order valence-corrected chi connectivity index (χ1v) is 16.1. The minimum Gasteiger partial charge on any atom is -0.481 e. The smallest absolute Gasteiger partial charge is 0.326 e. The van der Waals surface area contributed by atoms with Gasteiger partial charge in [0.1, 0.15) is 24.2 Å². The summed E-state index contributed by atoms with van der Waals surface area (Å²) in [5.41, 5.74) is 15.7. The largest absolute Gasteiger partial charge is 0.481 e. The molecular weight excluding hydrogens is 712 g/mol. The molecule has 0 aliphatic carbocycles. The number of nitrogens with two attached hydrogens (primary N) is 3. The minimum absolute atomic E-state index is 0.0420. The lowest BCUT2D eigenvalue weighted by Crippen LogP contribution is -2.58. The van der Waals surface area contributed by atoms with Gasteiger partial charge in [0.05, 0.1) is 45.8 Å². The van der Waals surface area contributed by atoms with Crippen LogP contribution < -0.4 is 54.4 Å². The molecule has 0 unspecified atom stereocenters. The Morgan fingerprint density at radius 2 is 1.26 bits per heavy atom. The van der Waals surface area contributed by atoms with Crippen LogP contribution in [-0.4, -0.2) is 162 Å². The highest BCUT2D eigenvalue weighted by Gasteiger charge is 2.38. The minimum atomic E-state index is -1.80. The van der Waals surface area contributed by atoms with E-state index in [1.165, 1.54) is 0 Å². The molecule has 1 heterocycles. The zero-order chi connectivity index (χ0) is 40.1. The fraction of sp³-hybridized carbons (Fsp3) is 0.607. The Hall–Kier alpha value is -6.11. The number of carboxylic acids is 2. The SMILES string of the molecule is NCC(=O)NCC(=O)NCC(=O)NCC(=O)N[C@@H](CCCN=C(N)N)C(=O)NCC(=O)N[C@@H](CC(=O)O)C(=O)N[C@@H](CO)C(=O)N1CCC[C@H]1C(=O)O. The average molecular weight is 759 g/mol. The summed E-state index contributed by atoms with van der Waals surface area (Å²) in [7, 11) is 0. The number of aliphatic imine (C=N–C) groups is 1. The van der Waals surface area contributed by atoms with E-state index in [1.54, 1.807) is 0 Å². The molecule has 0 aromatic rings. The molecule has 0 aromatic carbocycles. The number of rotatable bonds is 23. The van der Waals surface area contributed by atoms with Crippen LogP contribution in [0.15, 0.2) is 4.99 Å². The maximum atomic E-state index is 13.0. The van der Waals surface area contributed by atoms with E-state index in [0.29, 0.717) is 6.42 Å². The lowest BCUT2D eigenvalue weighted by molar-refractivity contribution is -0.150. The van der Waals surface area contributed by atoms with Gasteiger partial charge in [-0.15, -0.1) is 0 Å². The van der Waals surface area contributed by atoms with E-state index >= 15 is 0 Å². The molecule has 1 saturated heterocycles. The number of amides is 8. The number of nitrogens with zero attached hydrogens (tertiary/aromatic N) is 2. The van der Waals surface area contributed by atoms with Crippen molar-refractivity contribution in [3.05, 3.63) is 0 Å². The van der Waals surface area contributed by atoms with Gasteiger partial charge in [0, 0.05) is 13.1 Å². The fourth-order valence-corrected chi connectivity index (χ4v) is 4.62.